The van der Waals surface area contributed by atoms with Gasteiger partial charge in [0.1, 0.15) is 6.10 Å². The summed E-state index contributed by atoms with van der Waals surface area (Å²) in [7, 11) is 0. The fourth-order valence-electron chi connectivity index (χ4n) is 2.73. The van der Waals surface area contributed by atoms with Gasteiger partial charge in [0.2, 0.25) is 0 Å². The van der Waals surface area contributed by atoms with Crippen molar-refractivity contribution in [3.05, 3.63) is 75.8 Å². The topological polar surface area (TPSA) is 72.7 Å². The van der Waals surface area contributed by atoms with Crippen molar-refractivity contribution in [1.82, 2.24) is 4.90 Å². The lowest BCUT2D eigenvalue weighted by atomic mass is 10.1. The predicted molar refractivity (Wildman–Crippen MR) is 100 cm³/mol. The largest absolute Gasteiger partial charge is 0.457 e. The molecule has 0 unspecified atom stereocenters. The molecule has 0 aliphatic rings. The number of non-ortho nitro benzene ring substituents is 1. The summed E-state index contributed by atoms with van der Waals surface area (Å²) in [6, 6.07) is 15.4. The fourth-order valence-corrected chi connectivity index (χ4v) is 2.73. The number of benzene rings is 2. The van der Waals surface area contributed by atoms with E-state index in [1.54, 1.807) is 0 Å². The third kappa shape index (κ3) is 5.67. The first-order valence-electron chi connectivity index (χ1n) is 8.75. The Labute approximate surface area is 153 Å². The van der Waals surface area contributed by atoms with Gasteiger partial charge in [0.15, 0.2) is 0 Å². The molecule has 2 rings (SSSR count). The van der Waals surface area contributed by atoms with Crippen molar-refractivity contribution in [2.45, 2.75) is 26.4 Å². The molecule has 0 aliphatic heterocycles. The highest BCUT2D eigenvalue weighted by Gasteiger charge is 2.19. The highest BCUT2D eigenvalue weighted by Crippen LogP contribution is 2.15. The lowest BCUT2D eigenvalue weighted by molar-refractivity contribution is -0.384. The zero-order chi connectivity index (χ0) is 18.9. The minimum Gasteiger partial charge on any atom is -0.457 e. The molecular weight excluding hydrogens is 332 g/mol. The molecule has 0 N–H and O–H groups in total. The molecule has 0 fully saturated rings. The molecule has 0 radical (unpaired) electrons. The molecule has 0 bridgehead atoms. The quantitative estimate of drug-likeness (QED) is 0.389. The van der Waals surface area contributed by atoms with Gasteiger partial charge in [-0.15, -0.1) is 0 Å². The van der Waals surface area contributed by atoms with Crippen molar-refractivity contribution in [1.29, 1.82) is 0 Å². The number of carbonyl (C=O) groups is 1. The van der Waals surface area contributed by atoms with Gasteiger partial charge in [-0.3, -0.25) is 10.1 Å². The molecule has 0 amide bonds. The molecule has 2 aromatic carbocycles. The molecule has 0 aromatic heterocycles. The summed E-state index contributed by atoms with van der Waals surface area (Å²) in [5, 5.41) is 10.7. The van der Waals surface area contributed by atoms with Crippen LogP contribution in [0.4, 0.5) is 5.69 Å². The van der Waals surface area contributed by atoms with E-state index in [0.29, 0.717) is 18.5 Å². The lowest BCUT2D eigenvalue weighted by Gasteiger charge is -2.25. The van der Waals surface area contributed by atoms with E-state index in [0.717, 1.165) is 18.7 Å². The van der Waals surface area contributed by atoms with Crippen LogP contribution in [0, 0.1) is 10.1 Å². The minimum absolute atomic E-state index is 0.0504. The Kier molecular flexibility index (Phi) is 7.29. The second kappa shape index (κ2) is 9.68. The highest BCUT2D eigenvalue weighted by molar-refractivity contribution is 5.89. The molecule has 26 heavy (non-hydrogen) atoms. The normalized spacial score (nSPS) is 12.0. The first-order valence-corrected chi connectivity index (χ1v) is 8.75. The van der Waals surface area contributed by atoms with Crippen molar-refractivity contribution < 1.29 is 14.5 Å². The lowest BCUT2D eigenvalue weighted by Crippen LogP contribution is -2.36. The Balaban J connectivity index is 2.10. The zero-order valence-electron chi connectivity index (χ0n) is 15.1. The smallest absolute Gasteiger partial charge is 0.338 e. The Morgan fingerprint density at radius 2 is 1.69 bits per heavy atom. The van der Waals surface area contributed by atoms with Gasteiger partial charge in [-0.1, -0.05) is 44.2 Å². The summed E-state index contributed by atoms with van der Waals surface area (Å²) in [4.78, 5) is 24.9. The van der Waals surface area contributed by atoms with Crippen LogP contribution >= 0.6 is 0 Å². The Hall–Kier alpha value is -2.73. The number of nitrogens with zero attached hydrogens (tertiary/aromatic N) is 2. The van der Waals surface area contributed by atoms with Gasteiger partial charge >= 0.3 is 5.97 Å². The summed E-state index contributed by atoms with van der Waals surface area (Å²) in [6.07, 6.45) is 0.329. The third-order valence-corrected chi connectivity index (χ3v) is 4.25. The van der Waals surface area contributed by atoms with E-state index >= 15 is 0 Å². The Morgan fingerprint density at radius 3 is 2.23 bits per heavy atom. The van der Waals surface area contributed by atoms with Crippen molar-refractivity contribution in [3.8, 4) is 0 Å². The number of hydrogen-bond acceptors (Lipinski definition) is 5. The van der Waals surface area contributed by atoms with Crippen LogP contribution in [-0.2, 0) is 11.2 Å². The number of rotatable bonds is 9. The SMILES string of the molecule is CCN(CC)C[C@@H](Cc1ccccc1)OC(=O)c1ccc([N+](=O)[O-])cc1. The number of likely N-dealkylation sites (N-methyl/N-ethyl adjacent to an activating group) is 1. The molecule has 1 atom stereocenters. The number of esters is 1. The average molecular weight is 356 g/mol. The predicted octanol–water partition coefficient (Wildman–Crippen LogP) is 3.70. The Morgan fingerprint density at radius 1 is 1.08 bits per heavy atom. The van der Waals surface area contributed by atoms with Gasteiger partial charge in [0, 0.05) is 25.1 Å². The van der Waals surface area contributed by atoms with Crippen LogP contribution in [0.15, 0.2) is 54.6 Å². The maximum absolute atomic E-state index is 12.5. The van der Waals surface area contributed by atoms with E-state index < -0.39 is 10.9 Å². The van der Waals surface area contributed by atoms with Crippen molar-refractivity contribution in [2.75, 3.05) is 19.6 Å². The summed E-state index contributed by atoms with van der Waals surface area (Å²) in [6.45, 7) is 6.52. The fraction of sp³-hybridized carbons (Fsp3) is 0.350. The molecule has 0 spiro atoms. The Bertz CT molecular complexity index is 712. The van der Waals surface area contributed by atoms with Crippen molar-refractivity contribution in [3.63, 3.8) is 0 Å². The molecule has 0 saturated carbocycles. The standard InChI is InChI=1S/C20H24N2O4/c1-3-21(4-2)15-19(14-16-8-6-5-7-9-16)26-20(23)17-10-12-18(13-11-17)22(24)25/h5-13,19H,3-4,14-15H2,1-2H3/t19-/m1/s1. The molecule has 0 heterocycles. The zero-order valence-corrected chi connectivity index (χ0v) is 15.1. The van der Waals surface area contributed by atoms with Crippen LogP contribution < -0.4 is 0 Å². The summed E-state index contributed by atoms with van der Waals surface area (Å²) in [5.74, 6) is -0.465. The van der Waals surface area contributed by atoms with E-state index in [4.69, 9.17) is 4.74 Å². The van der Waals surface area contributed by atoms with Crippen LogP contribution in [0.2, 0.25) is 0 Å². The monoisotopic (exact) mass is 356 g/mol. The van der Waals surface area contributed by atoms with Gasteiger partial charge in [0.05, 0.1) is 10.5 Å². The van der Waals surface area contributed by atoms with Gasteiger partial charge in [0.25, 0.3) is 5.69 Å². The number of ether oxygens (including phenoxy) is 1. The third-order valence-electron chi connectivity index (χ3n) is 4.25. The average Bonchev–Trinajstić information content (AvgIpc) is 2.66. The molecule has 0 aliphatic carbocycles. The van der Waals surface area contributed by atoms with Crippen LogP contribution in [0.3, 0.4) is 0 Å². The van der Waals surface area contributed by atoms with Crippen LogP contribution in [0.25, 0.3) is 0 Å². The van der Waals surface area contributed by atoms with E-state index in [2.05, 4.69) is 18.7 Å². The first-order chi connectivity index (χ1) is 12.5. The van der Waals surface area contributed by atoms with E-state index in [-0.39, 0.29) is 11.8 Å². The van der Waals surface area contributed by atoms with Gasteiger partial charge in [-0.25, -0.2) is 4.79 Å². The minimum atomic E-state index is -0.492. The van der Waals surface area contributed by atoms with Crippen LogP contribution in [-0.4, -0.2) is 41.5 Å². The van der Waals surface area contributed by atoms with Gasteiger partial charge in [-0.05, 0) is 30.8 Å². The van der Waals surface area contributed by atoms with E-state index in [1.807, 2.05) is 30.3 Å². The molecule has 6 heteroatoms. The van der Waals surface area contributed by atoms with Crippen LogP contribution in [0.5, 0.6) is 0 Å². The van der Waals surface area contributed by atoms with Crippen molar-refractivity contribution in [2.24, 2.45) is 0 Å². The van der Waals surface area contributed by atoms with Crippen molar-refractivity contribution >= 4 is 11.7 Å². The maximum atomic E-state index is 12.5. The number of carbonyl (C=O) groups excluding carboxylic acids is 1. The van der Waals surface area contributed by atoms with Gasteiger partial charge in [-0.2, -0.15) is 0 Å². The van der Waals surface area contributed by atoms with E-state index in [1.165, 1.54) is 24.3 Å². The number of nitro groups is 1. The van der Waals surface area contributed by atoms with E-state index in [9.17, 15) is 14.9 Å². The number of hydrogen-bond donors (Lipinski definition) is 0. The second-order valence-corrected chi connectivity index (χ2v) is 6.01. The molecular formula is C20H24N2O4. The summed E-state index contributed by atoms with van der Waals surface area (Å²) < 4.78 is 5.72. The second-order valence-electron chi connectivity index (χ2n) is 6.01. The molecule has 0 saturated heterocycles. The molecule has 138 valence electrons. The van der Waals surface area contributed by atoms with Crippen LogP contribution in [0.1, 0.15) is 29.8 Å². The molecule has 2 aromatic rings. The van der Waals surface area contributed by atoms with Gasteiger partial charge < -0.3 is 9.64 Å². The highest BCUT2D eigenvalue weighted by atomic mass is 16.6. The number of nitro benzene ring substituents is 1. The maximum Gasteiger partial charge on any atom is 0.338 e. The summed E-state index contributed by atoms with van der Waals surface area (Å²) in [5.41, 5.74) is 1.36. The summed E-state index contributed by atoms with van der Waals surface area (Å²) >= 11 is 0. The first kappa shape index (κ1) is 19.6. The molecule has 6 nitrogen and oxygen atoms in total.